The molecule has 1 amide bonds. The topological polar surface area (TPSA) is 102 Å². The number of aromatic nitrogens is 2. The number of carbonyl (C=O) groups excluding carboxylic acids is 1. The molecule has 0 aromatic carbocycles. The number of primary amides is 1. The highest BCUT2D eigenvalue weighted by atomic mass is 19.3. The molecule has 0 spiro atoms. The van der Waals surface area contributed by atoms with Crippen LogP contribution in [0.4, 0.5) is 20.5 Å². The number of amides is 1. The molecule has 2 rings (SSSR count). The third-order valence-electron chi connectivity index (χ3n) is 3.78. The van der Waals surface area contributed by atoms with E-state index in [4.69, 9.17) is 5.73 Å². The van der Waals surface area contributed by atoms with Gasteiger partial charge in [0, 0.05) is 18.3 Å². The van der Waals surface area contributed by atoms with Crippen LogP contribution in [0, 0.1) is 0 Å². The highest BCUT2D eigenvalue weighted by Crippen LogP contribution is 2.25. The first-order valence-electron chi connectivity index (χ1n) is 7.98. The molecule has 1 saturated carbocycles. The number of nitrogens with two attached hydrogens (primary N) is 1. The summed E-state index contributed by atoms with van der Waals surface area (Å²) in [4.78, 5) is 19.9. The molecule has 0 atom stereocenters. The number of carbonyl (C=O) groups is 1. The Kier molecular flexibility index (Phi) is 6.24. The fourth-order valence-electron chi connectivity index (χ4n) is 2.69. The summed E-state index contributed by atoms with van der Waals surface area (Å²) in [5.74, 6) is 0.153. The number of ether oxygens (including phenoxy) is 1. The number of hydrogen-bond donors (Lipinski definition) is 3. The zero-order chi connectivity index (χ0) is 17.7. The van der Waals surface area contributed by atoms with E-state index in [0.29, 0.717) is 37.4 Å². The standard InChI is InChI=1S/C15H23F2N5O2/c1-8(2)20-13-11(12(18)23)7-19-15(22-13)21-9-3-5-10(6-4-9)24-14(16)17/h7-10,14H,3-6H2,1-2H3,(H2,18,23)(H2,19,20,21,22). The van der Waals surface area contributed by atoms with Crippen LogP contribution in [0.15, 0.2) is 6.20 Å². The number of halogens is 2. The van der Waals surface area contributed by atoms with Crippen LogP contribution in [0.1, 0.15) is 49.9 Å². The highest BCUT2D eigenvalue weighted by molar-refractivity contribution is 5.97. The smallest absolute Gasteiger partial charge is 0.345 e. The summed E-state index contributed by atoms with van der Waals surface area (Å²) in [6.45, 7) is 1.11. The van der Waals surface area contributed by atoms with Gasteiger partial charge in [-0.15, -0.1) is 0 Å². The molecular weight excluding hydrogens is 320 g/mol. The van der Waals surface area contributed by atoms with Gasteiger partial charge in [0.25, 0.3) is 5.91 Å². The van der Waals surface area contributed by atoms with Crippen molar-refractivity contribution in [1.29, 1.82) is 0 Å². The Balaban J connectivity index is 1.99. The third-order valence-corrected chi connectivity index (χ3v) is 3.78. The summed E-state index contributed by atoms with van der Waals surface area (Å²) in [5, 5.41) is 6.24. The van der Waals surface area contributed by atoms with Crippen LogP contribution >= 0.6 is 0 Å². The summed E-state index contributed by atoms with van der Waals surface area (Å²) in [7, 11) is 0. The van der Waals surface area contributed by atoms with Crippen LogP contribution in [0.2, 0.25) is 0 Å². The fraction of sp³-hybridized carbons (Fsp3) is 0.667. The maximum atomic E-state index is 12.2. The summed E-state index contributed by atoms with van der Waals surface area (Å²) < 4.78 is 29.0. The zero-order valence-electron chi connectivity index (χ0n) is 13.8. The van der Waals surface area contributed by atoms with E-state index < -0.39 is 18.6 Å². The van der Waals surface area contributed by atoms with Gasteiger partial charge in [-0.2, -0.15) is 13.8 Å². The number of alkyl halides is 2. The van der Waals surface area contributed by atoms with Gasteiger partial charge in [-0.05, 0) is 39.5 Å². The fourth-order valence-corrected chi connectivity index (χ4v) is 2.69. The Bertz CT molecular complexity index is 563. The Hall–Kier alpha value is -2.03. The predicted octanol–water partition coefficient (Wildman–Crippen LogP) is 2.36. The van der Waals surface area contributed by atoms with Crippen molar-refractivity contribution in [2.45, 2.75) is 64.3 Å². The van der Waals surface area contributed by atoms with E-state index >= 15 is 0 Å². The van der Waals surface area contributed by atoms with Crippen molar-refractivity contribution >= 4 is 17.7 Å². The zero-order valence-corrected chi connectivity index (χ0v) is 13.8. The van der Waals surface area contributed by atoms with Gasteiger partial charge in [-0.1, -0.05) is 0 Å². The Morgan fingerprint density at radius 1 is 1.33 bits per heavy atom. The van der Waals surface area contributed by atoms with E-state index in [-0.39, 0.29) is 17.6 Å². The number of nitrogens with zero attached hydrogens (tertiary/aromatic N) is 2. The first kappa shape index (κ1) is 18.3. The van der Waals surface area contributed by atoms with Gasteiger partial charge in [-0.3, -0.25) is 4.79 Å². The third kappa shape index (κ3) is 5.26. The van der Waals surface area contributed by atoms with Crippen LogP contribution in [-0.2, 0) is 4.74 Å². The van der Waals surface area contributed by atoms with E-state index in [2.05, 4.69) is 25.3 Å². The van der Waals surface area contributed by atoms with Crippen molar-refractivity contribution in [2.75, 3.05) is 10.6 Å². The van der Waals surface area contributed by atoms with E-state index in [1.165, 1.54) is 6.20 Å². The summed E-state index contributed by atoms with van der Waals surface area (Å²) in [6.07, 6.45) is 3.46. The molecule has 1 heterocycles. The lowest BCUT2D eigenvalue weighted by Crippen LogP contribution is -2.31. The average molecular weight is 343 g/mol. The minimum Gasteiger partial charge on any atom is -0.367 e. The van der Waals surface area contributed by atoms with Crippen LogP contribution in [0.5, 0.6) is 0 Å². The van der Waals surface area contributed by atoms with Crippen molar-refractivity contribution < 1.29 is 18.3 Å². The normalized spacial score (nSPS) is 21.1. The molecule has 1 aromatic rings. The van der Waals surface area contributed by atoms with Crippen molar-refractivity contribution in [3.05, 3.63) is 11.8 Å². The second kappa shape index (κ2) is 8.18. The number of rotatable bonds is 7. The van der Waals surface area contributed by atoms with E-state index in [1.54, 1.807) is 0 Å². The van der Waals surface area contributed by atoms with E-state index in [1.807, 2.05) is 13.8 Å². The maximum absolute atomic E-state index is 12.2. The van der Waals surface area contributed by atoms with Crippen molar-refractivity contribution in [3.63, 3.8) is 0 Å². The molecule has 134 valence electrons. The van der Waals surface area contributed by atoms with E-state index in [9.17, 15) is 13.6 Å². The average Bonchev–Trinajstić information content (AvgIpc) is 2.48. The lowest BCUT2D eigenvalue weighted by molar-refractivity contribution is -0.169. The monoisotopic (exact) mass is 343 g/mol. The first-order valence-corrected chi connectivity index (χ1v) is 7.98. The molecule has 1 aromatic heterocycles. The first-order chi connectivity index (χ1) is 11.3. The second-order valence-electron chi connectivity index (χ2n) is 6.13. The predicted molar refractivity (Wildman–Crippen MR) is 86.1 cm³/mol. The molecule has 0 bridgehead atoms. The second-order valence-corrected chi connectivity index (χ2v) is 6.13. The lowest BCUT2D eigenvalue weighted by Gasteiger charge is -2.29. The van der Waals surface area contributed by atoms with Gasteiger partial charge in [0.05, 0.1) is 11.7 Å². The number of nitrogens with one attached hydrogen (secondary N) is 2. The SMILES string of the molecule is CC(C)Nc1nc(NC2CCC(OC(F)F)CC2)ncc1C(N)=O. The largest absolute Gasteiger partial charge is 0.367 e. The molecule has 0 radical (unpaired) electrons. The minimum absolute atomic E-state index is 0.0767. The molecule has 0 unspecified atom stereocenters. The summed E-state index contributed by atoms with van der Waals surface area (Å²) in [5.41, 5.74) is 5.55. The molecule has 0 saturated heterocycles. The Labute approximate surface area is 139 Å². The molecule has 1 fully saturated rings. The molecule has 9 heteroatoms. The van der Waals surface area contributed by atoms with Gasteiger partial charge in [0.15, 0.2) is 0 Å². The van der Waals surface area contributed by atoms with Gasteiger partial charge < -0.3 is 21.1 Å². The van der Waals surface area contributed by atoms with Crippen LogP contribution in [0.3, 0.4) is 0 Å². The lowest BCUT2D eigenvalue weighted by atomic mass is 9.93. The van der Waals surface area contributed by atoms with E-state index in [0.717, 1.165) is 0 Å². The van der Waals surface area contributed by atoms with Crippen molar-refractivity contribution in [1.82, 2.24) is 9.97 Å². The number of hydrogen-bond acceptors (Lipinski definition) is 6. The Morgan fingerprint density at radius 3 is 2.54 bits per heavy atom. The summed E-state index contributed by atoms with van der Waals surface area (Å²) in [6, 6.07) is 0.154. The van der Waals surface area contributed by atoms with Crippen molar-refractivity contribution in [3.8, 4) is 0 Å². The molecule has 7 nitrogen and oxygen atoms in total. The van der Waals surface area contributed by atoms with Gasteiger partial charge in [0.2, 0.25) is 5.95 Å². The van der Waals surface area contributed by atoms with Crippen molar-refractivity contribution in [2.24, 2.45) is 5.73 Å². The molecule has 1 aliphatic carbocycles. The van der Waals surface area contributed by atoms with Gasteiger partial charge in [-0.25, -0.2) is 4.98 Å². The molecular formula is C15H23F2N5O2. The Morgan fingerprint density at radius 2 is 2.00 bits per heavy atom. The maximum Gasteiger partial charge on any atom is 0.345 e. The molecule has 4 N–H and O–H groups in total. The number of anilines is 2. The van der Waals surface area contributed by atoms with Crippen LogP contribution < -0.4 is 16.4 Å². The van der Waals surface area contributed by atoms with Gasteiger partial charge in [0.1, 0.15) is 5.82 Å². The molecule has 1 aliphatic rings. The quantitative estimate of drug-likeness (QED) is 0.702. The highest BCUT2D eigenvalue weighted by Gasteiger charge is 2.24. The minimum atomic E-state index is -2.73. The van der Waals surface area contributed by atoms with Gasteiger partial charge >= 0.3 is 6.61 Å². The molecule has 0 aliphatic heterocycles. The van der Waals surface area contributed by atoms with Crippen LogP contribution in [-0.4, -0.2) is 40.7 Å². The van der Waals surface area contributed by atoms with Crippen LogP contribution in [0.25, 0.3) is 0 Å². The summed E-state index contributed by atoms with van der Waals surface area (Å²) >= 11 is 0. The molecule has 24 heavy (non-hydrogen) atoms.